The molecule has 1 aromatic carbocycles. The molecule has 3 rings (SSSR count). The van der Waals surface area contributed by atoms with Crippen molar-refractivity contribution in [2.45, 2.75) is 25.6 Å². The highest BCUT2D eigenvalue weighted by molar-refractivity contribution is 5.88. The second-order valence-electron chi connectivity index (χ2n) is 6.19. The van der Waals surface area contributed by atoms with E-state index in [9.17, 15) is 14.0 Å². The van der Waals surface area contributed by atoms with E-state index in [1.807, 2.05) is 17.2 Å². The van der Waals surface area contributed by atoms with Crippen LogP contribution in [-0.4, -0.2) is 52.2 Å². The molecule has 2 amide bonds. The summed E-state index contributed by atoms with van der Waals surface area (Å²) >= 11 is 0. The van der Waals surface area contributed by atoms with Crippen LogP contribution in [0.5, 0.6) is 0 Å². The Morgan fingerprint density at radius 3 is 2.96 bits per heavy atom. The van der Waals surface area contributed by atoms with Gasteiger partial charge in [0.25, 0.3) is 0 Å². The minimum Gasteiger partial charge on any atom is -0.354 e. The van der Waals surface area contributed by atoms with Gasteiger partial charge in [0.05, 0.1) is 19.0 Å². The first-order valence-electron chi connectivity index (χ1n) is 8.63. The van der Waals surface area contributed by atoms with E-state index in [1.165, 1.54) is 6.07 Å². The maximum atomic E-state index is 13.9. The van der Waals surface area contributed by atoms with Gasteiger partial charge in [0.2, 0.25) is 11.8 Å². The lowest BCUT2D eigenvalue weighted by Crippen LogP contribution is -2.56. The lowest BCUT2D eigenvalue weighted by molar-refractivity contribution is -0.134. The SMILES string of the molecule is O=C(CC1C(=O)NCCN1Cc1ccccc1F)NCCn1cccn1. The zero-order chi connectivity index (χ0) is 18.4. The van der Waals surface area contributed by atoms with E-state index in [2.05, 4.69) is 15.7 Å². The average Bonchev–Trinajstić information content (AvgIpc) is 3.13. The summed E-state index contributed by atoms with van der Waals surface area (Å²) in [6, 6.07) is 7.70. The summed E-state index contributed by atoms with van der Waals surface area (Å²) in [6.45, 7) is 2.36. The molecule has 0 spiro atoms. The van der Waals surface area contributed by atoms with E-state index < -0.39 is 6.04 Å². The molecule has 1 fully saturated rings. The molecule has 1 saturated heterocycles. The lowest BCUT2D eigenvalue weighted by Gasteiger charge is -2.34. The molecule has 0 saturated carbocycles. The number of nitrogens with zero attached hydrogens (tertiary/aromatic N) is 3. The van der Waals surface area contributed by atoms with Crippen LogP contribution in [0.15, 0.2) is 42.7 Å². The fourth-order valence-electron chi connectivity index (χ4n) is 3.01. The molecule has 138 valence electrons. The molecule has 1 aliphatic rings. The van der Waals surface area contributed by atoms with E-state index >= 15 is 0 Å². The lowest BCUT2D eigenvalue weighted by atomic mass is 10.1. The largest absolute Gasteiger partial charge is 0.354 e. The maximum Gasteiger partial charge on any atom is 0.237 e. The van der Waals surface area contributed by atoms with Crippen molar-refractivity contribution in [2.24, 2.45) is 0 Å². The molecule has 26 heavy (non-hydrogen) atoms. The third kappa shape index (κ3) is 4.66. The van der Waals surface area contributed by atoms with Crippen LogP contribution < -0.4 is 10.6 Å². The van der Waals surface area contributed by atoms with Crippen LogP contribution in [-0.2, 0) is 22.7 Å². The van der Waals surface area contributed by atoms with E-state index in [-0.39, 0.29) is 24.1 Å². The second kappa shape index (κ2) is 8.57. The first-order chi connectivity index (χ1) is 12.6. The highest BCUT2D eigenvalue weighted by atomic mass is 19.1. The fourth-order valence-corrected chi connectivity index (χ4v) is 3.01. The van der Waals surface area contributed by atoms with Gasteiger partial charge in [-0.3, -0.25) is 19.2 Å². The second-order valence-corrected chi connectivity index (χ2v) is 6.19. The summed E-state index contributed by atoms with van der Waals surface area (Å²) in [4.78, 5) is 26.3. The third-order valence-electron chi connectivity index (χ3n) is 4.37. The van der Waals surface area contributed by atoms with Crippen LogP contribution in [0.25, 0.3) is 0 Å². The smallest absolute Gasteiger partial charge is 0.237 e. The number of aromatic nitrogens is 2. The van der Waals surface area contributed by atoms with Crippen molar-refractivity contribution in [3.63, 3.8) is 0 Å². The number of piperazine rings is 1. The Morgan fingerprint density at radius 1 is 1.35 bits per heavy atom. The Balaban J connectivity index is 1.56. The molecule has 0 radical (unpaired) electrons. The summed E-state index contributed by atoms with van der Waals surface area (Å²) in [5.74, 6) is -0.714. The molecule has 8 heteroatoms. The first-order valence-corrected chi connectivity index (χ1v) is 8.63. The van der Waals surface area contributed by atoms with Gasteiger partial charge in [-0.25, -0.2) is 4.39 Å². The van der Waals surface area contributed by atoms with Gasteiger partial charge in [-0.2, -0.15) is 5.10 Å². The Morgan fingerprint density at radius 2 is 2.19 bits per heavy atom. The summed E-state index contributed by atoms with van der Waals surface area (Å²) in [6.07, 6.45) is 3.53. The Kier molecular flexibility index (Phi) is 5.96. The van der Waals surface area contributed by atoms with Crippen molar-refractivity contribution in [1.82, 2.24) is 25.3 Å². The zero-order valence-corrected chi connectivity index (χ0v) is 14.4. The quantitative estimate of drug-likeness (QED) is 0.756. The van der Waals surface area contributed by atoms with Crippen LogP contribution >= 0.6 is 0 Å². The molecule has 2 aromatic rings. The molecule has 1 atom stereocenters. The molecule has 2 heterocycles. The maximum absolute atomic E-state index is 13.9. The summed E-state index contributed by atoms with van der Waals surface area (Å²) in [5, 5.41) is 9.65. The molecule has 1 aromatic heterocycles. The van der Waals surface area contributed by atoms with Gasteiger partial charge in [0.1, 0.15) is 5.82 Å². The van der Waals surface area contributed by atoms with Crippen LogP contribution in [0.1, 0.15) is 12.0 Å². The van der Waals surface area contributed by atoms with E-state index in [4.69, 9.17) is 0 Å². The highest BCUT2D eigenvalue weighted by Gasteiger charge is 2.31. The molecular weight excluding hydrogens is 337 g/mol. The minimum atomic E-state index is -0.604. The van der Waals surface area contributed by atoms with Crippen LogP contribution in [0.2, 0.25) is 0 Å². The number of nitrogens with one attached hydrogen (secondary N) is 2. The summed E-state index contributed by atoms with van der Waals surface area (Å²) < 4.78 is 15.6. The van der Waals surface area contributed by atoms with Gasteiger partial charge in [-0.1, -0.05) is 18.2 Å². The number of carbonyl (C=O) groups excluding carboxylic acids is 2. The number of halogens is 1. The Labute approximate surface area is 151 Å². The standard InChI is InChI=1S/C18H22FN5O2/c19-15-5-2-1-4-14(15)13-23-10-7-21-18(26)16(23)12-17(25)20-8-11-24-9-3-6-22-24/h1-6,9,16H,7-8,10-13H2,(H,20,25)(H,21,26). The van der Waals surface area contributed by atoms with Crippen LogP contribution in [0.3, 0.4) is 0 Å². The predicted octanol–water partition coefficient (Wildman–Crippen LogP) is 0.529. The van der Waals surface area contributed by atoms with Gasteiger partial charge in [-0.05, 0) is 12.1 Å². The van der Waals surface area contributed by atoms with Crippen LogP contribution in [0.4, 0.5) is 4.39 Å². The van der Waals surface area contributed by atoms with Crippen LogP contribution in [0, 0.1) is 5.82 Å². The van der Waals surface area contributed by atoms with Crippen molar-refractivity contribution < 1.29 is 14.0 Å². The van der Waals surface area contributed by atoms with Gasteiger partial charge in [0, 0.05) is 44.1 Å². The van der Waals surface area contributed by atoms with E-state index in [1.54, 1.807) is 29.1 Å². The molecule has 0 aliphatic carbocycles. The number of amides is 2. The number of rotatable bonds is 7. The highest BCUT2D eigenvalue weighted by Crippen LogP contribution is 2.16. The zero-order valence-electron chi connectivity index (χ0n) is 14.4. The van der Waals surface area contributed by atoms with Crippen molar-refractivity contribution in [1.29, 1.82) is 0 Å². The van der Waals surface area contributed by atoms with Gasteiger partial charge in [-0.15, -0.1) is 0 Å². The summed E-state index contributed by atoms with van der Waals surface area (Å²) in [5.41, 5.74) is 0.520. The van der Waals surface area contributed by atoms with E-state index in [0.717, 1.165) is 0 Å². The third-order valence-corrected chi connectivity index (χ3v) is 4.37. The normalized spacial score (nSPS) is 17.7. The topological polar surface area (TPSA) is 79.3 Å². The minimum absolute atomic E-state index is 0.0411. The molecular formula is C18H22FN5O2. The van der Waals surface area contributed by atoms with E-state index in [0.29, 0.717) is 38.3 Å². The monoisotopic (exact) mass is 359 g/mol. The molecule has 1 unspecified atom stereocenters. The van der Waals surface area contributed by atoms with Crippen molar-refractivity contribution >= 4 is 11.8 Å². The number of benzene rings is 1. The molecule has 0 bridgehead atoms. The molecule has 1 aliphatic heterocycles. The average molecular weight is 359 g/mol. The van der Waals surface area contributed by atoms with Gasteiger partial charge >= 0.3 is 0 Å². The fraction of sp³-hybridized carbons (Fsp3) is 0.389. The predicted molar refractivity (Wildman–Crippen MR) is 93.5 cm³/mol. The van der Waals surface area contributed by atoms with Crippen molar-refractivity contribution in [3.8, 4) is 0 Å². The number of carbonyl (C=O) groups is 2. The number of hydrogen-bond acceptors (Lipinski definition) is 4. The molecule has 7 nitrogen and oxygen atoms in total. The van der Waals surface area contributed by atoms with Gasteiger partial charge in [0.15, 0.2) is 0 Å². The van der Waals surface area contributed by atoms with Crippen molar-refractivity contribution in [3.05, 3.63) is 54.1 Å². The van der Waals surface area contributed by atoms with Crippen molar-refractivity contribution in [2.75, 3.05) is 19.6 Å². The van der Waals surface area contributed by atoms with Gasteiger partial charge < -0.3 is 10.6 Å². The Bertz CT molecular complexity index is 750. The molecule has 2 N–H and O–H groups in total. The summed E-state index contributed by atoms with van der Waals surface area (Å²) in [7, 11) is 0. The number of hydrogen-bond donors (Lipinski definition) is 2. The first kappa shape index (κ1) is 18.1. The Hall–Kier alpha value is -2.74.